The number of anilines is 1. The molecule has 1 amide bonds. The van der Waals surface area contributed by atoms with E-state index in [0.29, 0.717) is 12.8 Å². The van der Waals surface area contributed by atoms with Gasteiger partial charge in [-0.25, -0.2) is 9.03 Å². The number of carbonyl (C=O) groups excluding carboxylic acids is 1. The zero-order chi connectivity index (χ0) is 17.3. The predicted molar refractivity (Wildman–Crippen MR) is 87.5 cm³/mol. The highest BCUT2D eigenvalue weighted by Crippen LogP contribution is 2.33. The number of benzene rings is 1. The first-order valence-electron chi connectivity index (χ1n) is 7.69. The summed E-state index contributed by atoms with van der Waals surface area (Å²) in [5, 5.41) is 22.4. The lowest BCUT2D eigenvalue weighted by Gasteiger charge is -2.18. The lowest BCUT2D eigenvalue weighted by atomic mass is 10.0. The van der Waals surface area contributed by atoms with Gasteiger partial charge in [0.2, 0.25) is 11.8 Å². The number of hydrogen-bond acceptors (Lipinski definition) is 5. The van der Waals surface area contributed by atoms with Gasteiger partial charge in [-0.2, -0.15) is 8.42 Å². The molecule has 1 saturated heterocycles. The first-order chi connectivity index (χ1) is 11.3. The first-order valence-corrected chi connectivity index (χ1v) is 9.13. The van der Waals surface area contributed by atoms with Crippen molar-refractivity contribution in [1.29, 1.82) is 0 Å². The molecule has 0 saturated carbocycles. The topological polar surface area (TPSA) is 119 Å². The molecule has 0 radical (unpaired) electrons. The number of rotatable bonds is 3. The molecule has 1 aromatic carbocycles. The van der Waals surface area contributed by atoms with Crippen molar-refractivity contribution in [3.63, 3.8) is 0 Å². The van der Waals surface area contributed by atoms with E-state index >= 15 is 0 Å². The molecule has 130 valence electrons. The maximum atomic E-state index is 11.8. The summed E-state index contributed by atoms with van der Waals surface area (Å²) >= 11 is 0. The van der Waals surface area contributed by atoms with Gasteiger partial charge in [0.1, 0.15) is 11.4 Å². The van der Waals surface area contributed by atoms with E-state index in [2.05, 4.69) is 5.32 Å². The van der Waals surface area contributed by atoms with Gasteiger partial charge in [0.05, 0.1) is 6.20 Å². The molecular weight excluding hydrogens is 334 g/mol. The fourth-order valence-electron chi connectivity index (χ4n) is 2.96. The summed E-state index contributed by atoms with van der Waals surface area (Å²) in [6, 6.07) is 4.65. The van der Waals surface area contributed by atoms with E-state index in [1.54, 1.807) is 6.07 Å². The molecule has 0 aliphatic carbocycles. The fourth-order valence-corrected chi connectivity index (χ4v) is 4.02. The van der Waals surface area contributed by atoms with Crippen LogP contribution in [0.15, 0.2) is 30.3 Å². The van der Waals surface area contributed by atoms with Gasteiger partial charge in [0.25, 0.3) is 0 Å². The maximum Gasteiger partial charge on any atom is 0.330 e. The van der Waals surface area contributed by atoms with Gasteiger partial charge in [-0.05, 0) is 37.0 Å². The Labute approximate surface area is 140 Å². The Hall–Kier alpha value is -2.42. The van der Waals surface area contributed by atoms with Crippen molar-refractivity contribution in [3.05, 3.63) is 35.8 Å². The minimum atomic E-state index is -3.94. The van der Waals surface area contributed by atoms with Crippen LogP contribution in [0.5, 0.6) is 5.75 Å². The van der Waals surface area contributed by atoms with Crippen LogP contribution >= 0.6 is 0 Å². The van der Waals surface area contributed by atoms with Crippen LogP contribution in [0, 0.1) is 0 Å². The average Bonchev–Trinajstić information content (AvgIpc) is 2.64. The lowest BCUT2D eigenvalue weighted by molar-refractivity contribution is -0.121. The number of amides is 1. The number of aliphatic hydroxyl groups is 1. The van der Waals surface area contributed by atoms with E-state index in [0.717, 1.165) is 35.3 Å². The van der Waals surface area contributed by atoms with Gasteiger partial charge in [0.15, 0.2) is 0 Å². The summed E-state index contributed by atoms with van der Waals surface area (Å²) in [6.07, 6.45) is 4.80. The van der Waals surface area contributed by atoms with E-state index < -0.39 is 16.1 Å². The van der Waals surface area contributed by atoms with Gasteiger partial charge >= 0.3 is 10.2 Å². The highest BCUT2D eigenvalue weighted by molar-refractivity contribution is 7.91. The van der Waals surface area contributed by atoms with Crippen molar-refractivity contribution in [1.82, 2.24) is 10.0 Å². The van der Waals surface area contributed by atoms with Crippen LogP contribution in [0.1, 0.15) is 31.2 Å². The zero-order valence-corrected chi connectivity index (χ0v) is 13.7. The number of nitrogens with zero attached hydrogens (tertiary/aromatic N) is 1. The second-order valence-corrected chi connectivity index (χ2v) is 7.50. The zero-order valence-electron chi connectivity index (χ0n) is 12.9. The predicted octanol–water partition coefficient (Wildman–Crippen LogP) is 1.00. The summed E-state index contributed by atoms with van der Waals surface area (Å²) in [6.45, 7) is 0. The van der Waals surface area contributed by atoms with Gasteiger partial charge in [-0.1, -0.05) is 12.5 Å². The molecule has 8 nitrogen and oxygen atoms in total. The normalized spacial score (nSPS) is 23.2. The molecule has 1 fully saturated rings. The van der Waals surface area contributed by atoms with Gasteiger partial charge in [-0.15, -0.1) is 0 Å². The van der Waals surface area contributed by atoms with E-state index in [1.165, 1.54) is 12.1 Å². The molecule has 0 spiro atoms. The van der Waals surface area contributed by atoms with Gasteiger partial charge in [0, 0.05) is 12.5 Å². The van der Waals surface area contributed by atoms with Crippen molar-refractivity contribution in [2.24, 2.45) is 0 Å². The number of phenolic OH excluding ortho intramolecular Hbond substituents is 1. The SMILES string of the molecule is O=C1CCCCC(Cc2ccc(N3C=C(O)NS3(=O)=O)c(O)c2)N1. The molecule has 0 aromatic heterocycles. The van der Waals surface area contributed by atoms with Crippen molar-refractivity contribution in [3.8, 4) is 5.75 Å². The van der Waals surface area contributed by atoms with E-state index in [1.807, 2.05) is 4.72 Å². The second kappa shape index (κ2) is 6.23. The maximum absolute atomic E-state index is 11.8. The highest BCUT2D eigenvalue weighted by atomic mass is 32.2. The Morgan fingerprint density at radius 2 is 2.04 bits per heavy atom. The van der Waals surface area contributed by atoms with Crippen LogP contribution in [0.4, 0.5) is 5.69 Å². The van der Waals surface area contributed by atoms with Crippen LogP contribution < -0.4 is 14.3 Å². The van der Waals surface area contributed by atoms with Crippen molar-refractivity contribution in [2.45, 2.75) is 38.1 Å². The Morgan fingerprint density at radius 1 is 1.25 bits per heavy atom. The molecule has 2 aliphatic rings. The third kappa shape index (κ3) is 3.40. The molecule has 9 heteroatoms. The number of nitrogens with one attached hydrogen (secondary N) is 2. The van der Waals surface area contributed by atoms with Crippen molar-refractivity contribution >= 4 is 21.8 Å². The Balaban J connectivity index is 1.79. The van der Waals surface area contributed by atoms with Gasteiger partial charge < -0.3 is 15.5 Å². The quantitative estimate of drug-likeness (QED) is 0.646. The minimum Gasteiger partial charge on any atom is -0.506 e. The summed E-state index contributed by atoms with van der Waals surface area (Å²) in [7, 11) is -3.94. The Bertz CT molecular complexity index is 790. The average molecular weight is 353 g/mol. The van der Waals surface area contributed by atoms with E-state index in [-0.39, 0.29) is 23.4 Å². The Kier molecular flexibility index (Phi) is 4.27. The van der Waals surface area contributed by atoms with Crippen LogP contribution in [0.3, 0.4) is 0 Å². The third-order valence-corrected chi connectivity index (χ3v) is 5.35. The summed E-state index contributed by atoms with van der Waals surface area (Å²) in [4.78, 5) is 11.6. The molecule has 1 aromatic rings. The van der Waals surface area contributed by atoms with Crippen LogP contribution in [0.2, 0.25) is 0 Å². The number of hydrogen-bond donors (Lipinski definition) is 4. The molecule has 1 atom stereocenters. The molecule has 3 rings (SSSR count). The van der Waals surface area contributed by atoms with E-state index in [4.69, 9.17) is 0 Å². The Morgan fingerprint density at radius 3 is 2.71 bits per heavy atom. The molecule has 0 bridgehead atoms. The molecular formula is C15H19N3O5S. The first kappa shape index (κ1) is 16.4. The van der Waals surface area contributed by atoms with Crippen LogP contribution in [0.25, 0.3) is 0 Å². The van der Waals surface area contributed by atoms with Crippen molar-refractivity contribution in [2.75, 3.05) is 4.31 Å². The standard InChI is InChI=1S/C15H19N3O5S/c19-13-8-10(7-11-3-1-2-4-14(20)16-11)5-6-12(13)18-9-15(21)17-24(18,22)23/h5-6,8-9,11,17,19,21H,1-4,7H2,(H,16,20). The monoisotopic (exact) mass is 353 g/mol. The summed E-state index contributed by atoms with van der Waals surface area (Å²) in [5.74, 6) is -0.698. The molecule has 1 unspecified atom stereocenters. The second-order valence-electron chi connectivity index (χ2n) is 5.95. The van der Waals surface area contributed by atoms with Crippen LogP contribution in [-0.4, -0.2) is 30.6 Å². The summed E-state index contributed by atoms with van der Waals surface area (Å²) < 4.78 is 26.4. The fraction of sp³-hybridized carbons (Fsp3) is 0.400. The molecule has 4 N–H and O–H groups in total. The minimum absolute atomic E-state index is 0.00590. The highest BCUT2D eigenvalue weighted by Gasteiger charge is 2.30. The van der Waals surface area contributed by atoms with Crippen molar-refractivity contribution < 1.29 is 23.4 Å². The molecule has 24 heavy (non-hydrogen) atoms. The number of phenols is 1. The smallest absolute Gasteiger partial charge is 0.330 e. The summed E-state index contributed by atoms with van der Waals surface area (Å²) in [5.41, 5.74) is 0.835. The number of aliphatic hydroxyl groups excluding tert-OH is 1. The molecule has 2 heterocycles. The van der Waals surface area contributed by atoms with Gasteiger partial charge in [-0.3, -0.25) is 4.79 Å². The molecule has 2 aliphatic heterocycles. The lowest BCUT2D eigenvalue weighted by Crippen LogP contribution is -2.34. The number of aromatic hydroxyl groups is 1. The van der Waals surface area contributed by atoms with E-state index in [9.17, 15) is 23.4 Å². The van der Waals surface area contributed by atoms with Crippen LogP contribution in [-0.2, 0) is 21.4 Å². The largest absolute Gasteiger partial charge is 0.506 e. The number of carbonyl (C=O) groups is 1. The third-order valence-electron chi connectivity index (χ3n) is 4.06.